The minimum atomic E-state index is -0.0943. The topological polar surface area (TPSA) is 65.8 Å². The van der Waals surface area contributed by atoms with E-state index in [1.54, 1.807) is 39.5 Å². The minimum absolute atomic E-state index is 0.0943. The van der Waals surface area contributed by atoms with Crippen molar-refractivity contribution >= 4 is 5.91 Å². The van der Waals surface area contributed by atoms with Gasteiger partial charge in [0.2, 0.25) is 0 Å². The van der Waals surface area contributed by atoms with Crippen molar-refractivity contribution in [2.24, 2.45) is 0 Å². The molecule has 37 heavy (non-hydrogen) atoms. The smallest absolute Gasteiger partial charge is 0.254 e. The van der Waals surface area contributed by atoms with E-state index in [9.17, 15) is 4.79 Å². The van der Waals surface area contributed by atoms with Gasteiger partial charge in [-0.3, -0.25) is 4.79 Å². The molecule has 1 amide bonds. The fourth-order valence-corrected chi connectivity index (χ4v) is 4.75. The van der Waals surface area contributed by atoms with Gasteiger partial charge in [-0.2, -0.15) is 0 Å². The van der Waals surface area contributed by atoms with Crippen LogP contribution in [0.5, 0.6) is 17.2 Å². The van der Waals surface area contributed by atoms with Crippen LogP contribution in [0.25, 0.3) is 11.3 Å². The molecule has 0 bridgehead atoms. The monoisotopic (exact) mass is 497 g/mol. The number of nitrogens with zero attached hydrogens (tertiary/aromatic N) is 3. The highest BCUT2D eigenvalue weighted by atomic mass is 16.5. The standard InChI is InChI=1S/C30H31N3O4/c1-35-25-12-9-21(10-13-25)18-33(30(34)24-11-14-27(36-2)28(17-24)37-3)19-22-6-4-7-23(16-22)26-20-32-15-5-8-29(32)31-26/h4,6-7,9-14,16-17,20H,5,8,15,18-19H2,1-3H3. The summed E-state index contributed by atoms with van der Waals surface area (Å²) >= 11 is 0. The van der Waals surface area contributed by atoms with Gasteiger partial charge in [0.15, 0.2) is 11.5 Å². The summed E-state index contributed by atoms with van der Waals surface area (Å²) in [7, 11) is 4.79. The Labute approximate surface area is 217 Å². The van der Waals surface area contributed by atoms with Gasteiger partial charge in [-0.1, -0.05) is 30.3 Å². The van der Waals surface area contributed by atoms with Gasteiger partial charge in [0, 0.05) is 43.4 Å². The largest absolute Gasteiger partial charge is 0.497 e. The Morgan fingerprint density at radius 2 is 1.68 bits per heavy atom. The van der Waals surface area contributed by atoms with Crippen LogP contribution in [0.3, 0.4) is 0 Å². The van der Waals surface area contributed by atoms with Gasteiger partial charge in [0.05, 0.1) is 27.0 Å². The molecule has 1 aliphatic heterocycles. The highest BCUT2D eigenvalue weighted by molar-refractivity contribution is 5.95. The van der Waals surface area contributed by atoms with Crippen LogP contribution >= 0.6 is 0 Å². The second-order valence-electron chi connectivity index (χ2n) is 9.12. The highest BCUT2D eigenvalue weighted by Gasteiger charge is 2.20. The van der Waals surface area contributed by atoms with E-state index in [4.69, 9.17) is 19.2 Å². The van der Waals surface area contributed by atoms with E-state index in [1.165, 1.54) is 0 Å². The lowest BCUT2D eigenvalue weighted by atomic mass is 10.1. The normalized spacial score (nSPS) is 12.2. The second-order valence-corrected chi connectivity index (χ2v) is 9.12. The van der Waals surface area contributed by atoms with Crippen molar-refractivity contribution in [3.8, 4) is 28.5 Å². The fraction of sp³-hybridized carbons (Fsp3) is 0.267. The van der Waals surface area contributed by atoms with Crippen LogP contribution in [0, 0.1) is 0 Å². The lowest BCUT2D eigenvalue weighted by Gasteiger charge is -2.24. The molecule has 5 rings (SSSR count). The molecule has 4 aromatic rings. The number of ether oxygens (including phenoxy) is 3. The lowest BCUT2D eigenvalue weighted by molar-refractivity contribution is 0.0729. The third-order valence-corrected chi connectivity index (χ3v) is 6.70. The number of amides is 1. The number of hydrogen-bond acceptors (Lipinski definition) is 5. The summed E-state index contributed by atoms with van der Waals surface area (Å²) in [5.74, 6) is 2.93. The first-order valence-corrected chi connectivity index (χ1v) is 12.4. The molecule has 0 spiro atoms. The van der Waals surface area contributed by atoms with Crippen molar-refractivity contribution in [3.63, 3.8) is 0 Å². The molecule has 0 N–H and O–H groups in total. The molecular formula is C30H31N3O4. The number of fused-ring (bicyclic) bond motifs is 1. The summed E-state index contributed by atoms with van der Waals surface area (Å²) in [6.45, 7) is 1.91. The van der Waals surface area contributed by atoms with E-state index in [0.717, 1.165) is 53.3 Å². The number of benzene rings is 3. The average Bonchev–Trinajstić information content (AvgIpc) is 3.55. The number of rotatable bonds is 9. The van der Waals surface area contributed by atoms with Gasteiger partial charge in [-0.15, -0.1) is 0 Å². The Morgan fingerprint density at radius 3 is 2.41 bits per heavy atom. The van der Waals surface area contributed by atoms with Gasteiger partial charge in [0.25, 0.3) is 5.91 Å². The first-order valence-electron chi connectivity index (χ1n) is 12.4. The summed E-state index contributed by atoms with van der Waals surface area (Å²) < 4.78 is 18.3. The van der Waals surface area contributed by atoms with Crippen molar-refractivity contribution in [2.45, 2.75) is 32.5 Å². The molecule has 1 aromatic heterocycles. The van der Waals surface area contributed by atoms with Crippen LogP contribution in [0.2, 0.25) is 0 Å². The molecule has 0 unspecified atom stereocenters. The van der Waals surface area contributed by atoms with Crippen molar-refractivity contribution in [1.82, 2.24) is 14.5 Å². The van der Waals surface area contributed by atoms with Crippen LogP contribution in [0.4, 0.5) is 0 Å². The molecule has 3 aromatic carbocycles. The maximum absolute atomic E-state index is 13.8. The van der Waals surface area contributed by atoms with E-state index in [1.807, 2.05) is 35.2 Å². The highest BCUT2D eigenvalue weighted by Crippen LogP contribution is 2.29. The van der Waals surface area contributed by atoms with Crippen LogP contribution in [-0.2, 0) is 26.1 Å². The molecule has 7 heteroatoms. The molecule has 7 nitrogen and oxygen atoms in total. The van der Waals surface area contributed by atoms with Crippen molar-refractivity contribution in [2.75, 3.05) is 21.3 Å². The summed E-state index contributed by atoms with van der Waals surface area (Å²) in [6, 6.07) is 21.3. The van der Waals surface area contributed by atoms with E-state index in [0.29, 0.717) is 30.2 Å². The van der Waals surface area contributed by atoms with Gasteiger partial charge in [0.1, 0.15) is 11.6 Å². The van der Waals surface area contributed by atoms with E-state index in [2.05, 4.69) is 29.0 Å². The SMILES string of the molecule is COc1ccc(CN(Cc2cccc(-c3cn4c(n3)CCC4)c2)C(=O)c2ccc(OC)c(OC)c2)cc1. The number of methoxy groups -OCH3 is 3. The zero-order valence-corrected chi connectivity index (χ0v) is 21.4. The number of hydrogen-bond donors (Lipinski definition) is 0. The van der Waals surface area contributed by atoms with E-state index >= 15 is 0 Å². The van der Waals surface area contributed by atoms with Crippen LogP contribution in [-0.4, -0.2) is 41.7 Å². The van der Waals surface area contributed by atoms with Crippen molar-refractivity contribution in [1.29, 1.82) is 0 Å². The van der Waals surface area contributed by atoms with Gasteiger partial charge < -0.3 is 23.7 Å². The molecule has 0 aliphatic carbocycles. The third kappa shape index (κ3) is 5.31. The molecule has 0 atom stereocenters. The predicted octanol–water partition coefficient (Wildman–Crippen LogP) is 5.36. The average molecular weight is 498 g/mol. The minimum Gasteiger partial charge on any atom is -0.497 e. The molecule has 0 fully saturated rings. The third-order valence-electron chi connectivity index (χ3n) is 6.70. The molecule has 0 saturated heterocycles. The maximum Gasteiger partial charge on any atom is 0.254 e. The number of carbonyl (C=O) groups excluding carboxylic acids is 1. The van der Waals surface area contributed by atoms with Gasteiger partial charge in [-0.05, 0) is 53.9 Å². The summed E-state index contributed by atoms with van der Waals surface area (Å²) in [4.78, 5) is 20.5. The summed E-state index contributed by atoms with van der Waals surface area (Å²) in [5, 5.41) is 0. The molecule has 190 valence electrons. The Kier molecular flexibility index (Phi) is 7.12. The van der Waals surface area contributed by atoms with Crippen molar-refractivity contribution in [3.05, 3.63) is 95.4 Å². The Balaban J connectivity index is 1.44. The Bertz CT molecular complexity index is 1370. The van der Waals surface area contributed by atoms with E-state index in [-0.39, 0.29) is 5.91 Å². The molecular weight excluding hydrogens is 466 g/mol. The number of imidazole rings is 1. The first-order chi connectivity index (χ1) is 18.1. The van der Waals surface area contributed by atoms with Crippen molar-refractivity contribution < 1.29 is 19.0 Å². The predicted molar refractivity (Wildman–Crippen MR) is 142 cm³/mol. The van der Waals surface area contributed by atoms with Gasteiger partial charge >= 0.3 is 0 Å². The van der Waals surface area contributed by atoms with Gasteiger partial charge in [-0.25, -0.2) is 4.98 Å². The first kappa shape index (κ1) is 24.4. The number of carbonyl (C=O) groups is 1. The van der Waals surface area contributed by atoms with Crippen LogP contribution in [0.15, 0.2) is 72.9 Å². The number of aromatic nitrogens is 2. The zero-order valence-electron chi connectivity index (χ0n) is 21.4. The summed E-state index contributed by atoms with van der Waals surface area (Å²) in [5.41, 5.74) is 4.61. The van der Waals surface area contributed by atoms with E-state index < -0.39 is 0 Å². The number of aryl methyl sites for hydroxylation is 2. The fourth-order valence-electron chi connectivity index (χ4n) is 4.75. The second kappa shape index (κ2) is 10.8. The zero-order chi connectivity index (χ0) is 25.8. The summed E-state index contributed by atoms with van der Waals surface area (Å²) in [6.07, 6.45) is 4.31. The molecule has 1 aliphatic rings. The maximum atomic E-state index is 13.8. The Morgan fingerprint density at radius 1 is 0.892 bits per heavy atom. The van der Waals surface area contributed by atoms with Crippen LogP contribution < -0.4 is 14.2 Å². The quantitative estimate of drug-likeness (QED) is 0.311. The molecule has 0 saturated carbocycles. The molecule has 0 radical (unpaired) electrons. The molecule has 2 heterocycles. The Hall–Kier alpha value is -4.26. The van der Waals surface area contributed by atoms with Crippen LogP contribution in [0.1, 0.15) is 33.7 Å². The lowest BCUT2D eigenvalue weighted by Crippen LogP contribution is -2.30.